The number of fused-ring (bicyclic) bond motifs is 4. The van der Waals surface area contributed by atoms with Gasteiger partial charge in [-0.05, 0) is 122 Å². The van der Waals surface area contributed by atoms with Gasteiger partial charge in [-0.25, -0.2) is 0 Å². The Hall–Kier alpha value is -6.58. The Kier molecular flexibility index (Phi) is 8.99. The second kappa shape index (κ2) is 14.3. The van der Waals surface area contributed by atoms with Gasteiger partial charge >= 0.3 is 0 Å². The normalized spacial score (nSPS) is 13.6. The molecule has 2 aliphatic rings. The lowest BCUT2D eigenvalue weighted by molar-refractivity contribution is 0.590. The van der Waals surface area contributed by atoms with Gasteiger partial charge in [0.15, 0.2) is 7.28 Å². The van der Waals surface area contributed by atoms with E-state index in [1.165, 1.54) is 112 Å². The molecule has 0 saturated heterocycles. The maximum atomic E-state index is 3.98. The van der Waals surface area contributed by atoms with Crippen LogP contribution in [0.5, 0.6) is 0 Å². The minimum atomic E-state index is -0.177. The van der Waals surface area contributed by atoms with Crippen LogP contribution in [0.4, 0.5) is 28.4 Å². The van der Waals surface area contributed by atoms with Gasteiger partial charge in [-0.2, -0.15) is 0 Å². The van der Waals surface area contributed by atoms with E-state index in [0.29, 0.717) is 0 Å². The van der Waals surface area contributed by atoms with E-state index in [1.54, 1.807) is 0 Å². The molecule has 2 aliphatic heterocycles. The lowest BCUT2D eigenvalue weighted by Crippen LogP contribution is -2.41. The third kappa shape index (κ3) is 6.27. The molecule has 8 aromatic carbocycles. The molecule has 0 radical (unpaired) electrons. The monoisotopic (exact) mass is 774 g/mol. The Balaban J connectivity index is 1.31. The Morgan fingerprint density at radius 2 is 1.15 bits per heavy atom. The summed E-state index contributed by atoms with van der Waals surface area (Å²) in [6.07, 6.45) is 0. The second-order valence-corrected chi connectivity index (χ2v) is 18.4. The SMILES string of the molecule is Cc1cccc(C)c1-c1cc(-c2cccc3c2Nc2ccccc2C3(C)C)c2c(c1)N(c1ccc(C(C)(C)C)cc1-c1ccccc1)c1cc(-c3ccccc3)ccc1B2. The highest BCUT2D eigenvalue weighted by molar-refractivity contribution is 6.73. The van der Waals surface area contributed by atoms with Crippen molar-refractivity contribution in [2.24, 2.45) is 0 Å². The summed E-state index contributed by atoms with van der Waals surface area (Å²) in [4.78, 5) is 2.60. The second-order valence-electron chi connectivity index (χ2n) is 18.4. The molecule has 0 saturated carbocycles. The molecule has 292 valence electrons. The van der Waals surface area contributed by atoms with Crippen LogP contribution in [0, 0.1) is 13.8 Å². The van der Waals surface area contributed by atoms with Crippen molar-refractivity contribution in [2.75, 3.05) is 10.2 Å². The molecule has 0 aliphatic carbocycles. The summed E-state index contributed by atoms with van der Waals surface area (Å²) in [5.74, 6) is 0. The van der Waals surface area contributed by atoms with Crippen LogP contribution in [-0.4, -0.2) is 7.28 Å². The van der Waals surface area contributed by atoms with Crippen molar-refractivity contribution in [1.82, 2.24) is 0 Å². The lowest BCUT2D eigenvalue weighted by Gasteiger charge is -2.39. The summed E-state index contributed by atoms with van der Waals surface area (Å²) in [7, 11) is 0.809. The van der Waals surface area contributed by atoms with Gasteiger partial charge in [-0.15, -0.1) is 0 Å². The molecule has 8 aromatic rings. The summed E-state index contributed by atoms with van der Waals surface area (Å²) in [5, 5.41) is 3.98. The molecule has 2 nitrogen and oxygen atoms in total. The Morgan fingerprint density at radius 3 is 1.88 bits per heavy atom. The molecule has 60 heavy (non-hydrogen) atoms. The number of nitrogens with one attached hydrogen (secondary N) is 1. The smallest absolute Gasteiger partial charge is 0.198 e. The van der Waals surface area contributed by atoms with Crippen LogP contribution >= 0.6 is 0 Å². The van der Waals surface area contributed by atoms with Crippen molar-refractivity contribution in [3.63, 3.8) is 0 Å². The van der Waals surface area contributed by atoms with E-state index in [9.17, 15) is 0 Å². The van der Waals surface area contributed by atoms with Gasteiger partial charge in [0.05, 0.1) is 11.4 Å². The predicted molar refractivity (Wildman–Crippen MR) is 259 cm³/mol. The molecule has 0 fully saturated rings. The molecule has 2 heterocycles. The van der Waals surface area contributed by atoms with Crippen LogP contribution in [-0.2, 0) is 10.8 Å². The highest BCUT2D eigenvalue weighted by Crippen LogP contribution is 2.51. The third-order valence-corrected chi connectivity index (χ3v) is 13.1. The van der Waals surface area contributed by atoms with Crippen molar-refractivity contribution < 1.29 is 0 Å². The van der Waals surface area contributed by atoms with Gasteiger partial charge in [0.1, 0.15) is 0 Å². The van der Waals surface area contributed by atoms with Crippen LogP contribution in [0.15, 0.2) is 170 Å². The topological polar surface area (TPSA) is 15.3 Å². The number of rotatable bonds is 5. The summed E-state index contributed by atoms with van der Waals surface area (Å²) in [5.41, 5.74) is 24.8. The molecule has 3 heteroatoms. The lowest BCUT2D eigenvalue weighted by atomic mass is 9.57. The van der Waals surface area contributed by atoms with Gasteiger partial charge in [-0.3, -0.25) is 0 Å². The highest BCUT2D eigenvalue weighted by atomic mass is 15.2. The number of hydrogen-bond acceptors (Lipinski definition) is 2. The van der Waals surface area contributed by atoms with Crippen molar-refractivity contribution in [3.05, 3.63) is 198 Å². The van der Waals surface area contributed by atoms with Crippen molar-refractivity contribution >= 4 is 46.6 Å². The predicted octanol–water partition coefficient (Wildman–Crippen LogP) is 13.8. The maximum Gasteiger partial charge on any atom is 0.198 e. The van der Waals surface area contributed by atoms with E-state index in [-0.39, 0.29) is 10.8 Å². The summed E-state index contributed by atoms with van der Waals surface area (Å²) >= 11 is 0. The number of anilines is 5. The standard InChI is InChI=1S/C57H51BN2/c1-36-18-16-19-37(2)53(36)41-32-45(43-24-17-26-47-55(43)59-49-27-15-14-25-46(49)57(47,6)7)54-52(34-41)60(51-33-40(28-30-48(51)58-54)38-20-10-8-11-21-38)50-31-29-42(56(3,4)5)35-44(50)39-22-12-9-13-23-39/h8-35,58-59H,1-7H3. The van der Waals surface area contributed by atoms with Crippen LogP contribution < -0.4 is 21.1 Å². The van der Waals surface area contributed by atoms with Gasteiger partial charge in [0.2, 0.25) is 0 Å². The number of hydrogen-bond donors (Lipinski definition) is 1. The molecule has 0 atom stereocenters. The van der Waals surface area contributed by atoms with E-state index in [2.05, 4.69) is 229 Å². The number of benzene rings is 8. The molecular weight excluding hydrogens is 723 g/mol. The molecule has 0 amide bonds. The van der Waals surface area contributed by atoms with Crippen LogP contribution in [0.3, 0.4) is 0 Å². The average molecular weight is 775 g/mol. The Morgan fingerprint density at radius 1 is 0.500 bits per heavy atom. The number of para-hydroxylation sites is 2. The zero-order valence-corrected chi connectivity index (χ0v) is 35.8. The molecule has 0 spiro atoms. The number of aryl methyl sites for hydroxylation is 2. The van der Waals surface area contributed by atoms with Gasteiger partial charge in [0, 0.05) is 33.6 Å². The van der Waals surface area contributed by atoms with E-state index < -0.39 is 0 Å². The molecule has 0 bridgehead atoms. The highest BCUT2D eigenvalue weighted by Gasteiger charge is 2.36. The number of nitrogens with zero attached hydrogens (tertiary/aromatic N) is 1. The third-order valence-electron chi connectivity index (χ3n) is 13.1. The first-order chi connectivity index (χ1) is 29.0. The molecule has 1 N–H and O–H groups in total. The van der Waals surface area contributed by atoms with Crippen LogP contribution in [0.25, 0.3) is 44.5 Å². The summed E-state index contributed by atoms with van der Waals surface area (Å²) in [6.45, 7) is 16.2. The van der Waals surface area contributed by atoms with Crippen molar-refractivity contribution in [3.8, 4) is 44.5 Å². The van der Waals surface area contributed by atoms with Gasteiger partial charge < -0.3 is 10.2 Å². The molecular formula is C57H51BN2. The summed E-state index contributed by atoms with van der Waals surface area (Å²) in [6, 6.07) is 63.5. The van der Waals surface area contributed by atoms with E-state index in [1.807, 2.05) is 0 Å². The van der Waals surface area contributed by atoms with E-state index >= 15 is 0 Å². The Labute approximate surface area is 356 Å². The van der Waals surface area contributed by atoms with Crippen molar-refractivity contribution in [2.45, 2.75) is 59.3 Å². The zero-order chi connectivity index (χ0) is 41.3. The van der Waals surface area contributed by atoms with Gasteiger partial charge in [-0.1, -0.05) is 174 Å². The largest absolute Gasteiger partial charge is 0.355 e. The quantitative estimate of drug-likeness (QED) is 0.175. The van der Waals surface area contributed by atoms with Gasteiger partial charge in [0.25, 0.3) is 0 Å². The fourth-order valence-corrected chi connectivity index (χ4v) is 9.90. The minimum Gasteiger partial charge on any atom is -0.355 e. The molecule has 10 rings (SSSR count). The average Bonchev–Trinajstić information content (AvgIpc) is 3.25. The van der Waals surface area contributed by atoms with E-state index in [4.69, 9.17) is 0 Å². The Bertz CT molecular complexity index is 2930. The zero-order valence-electron chi connectivity index (χ0n) is 35.8. The summed E-state index contributed by atoms with van der Waals surface area (Å²) < 4.78 is 0. The first-order valence-electron chi connectivity index (χ1n) is 21.4. The van der Waals surface area contributed by atoms with Crippen molar-refractivity contribution in [1.29, 1.82) is 0 Å². The first-order valence-corrected chi connectivity index (χ1v) is 21.4. The molecule has 0 unspecified atom stereocenters. The minimum absolute atomic E-state index is 0.0191. The van der Waals surface area contributed by atoms with Crippen LogP contribution in [0.1, 0.15) is 62.4 Å². The fourth-order valence-electron chi connectivity index (χ4n) is 9.90. The fraction of sp³-hybridized carbons (Fsp3) is 0.158. The first kappa shape index (κ1) is 37.7. The van der Waals surface area contributed by atoms with Crippen LogP contribution in [0.2, 0.25) is 0 Å². The van der Waals surface area contributed by atoms with E-state index in [0.717, 1.165) is 7.28 Å². The maximum absolute atomic E-state index is 3.98. The molecule has 0 aromatic heterocycles.